The first-order chi connectivity index (χ1) is 12.2. The molecule has 2 heterocycles. The quantitative estimate of drug-likeness (QED) is 0.408. The van der Waals surface area contributed by atoms with Crippen LogP contribution in [-0.4, -0.2) is 48.8 Å². The molecule has 6 heteroatoms. The highest BCUT2D eigenvalue weighted by Gasteiger charge is 2.09. The Hall–Kier alpha value is -2.21. The Morgan fingerprint density at radius 2 is 2.24 bits per heavy atom. The van der Waals surface area contributed by atoms with Crippen molar-refractivity contribution in [2.24, 2.45) is 12.0 Å². The van der Waals surface area contributed by atoms with Crippen molar-refractivity contribution in [2.45, 2.75) is 26.3 Å². The third-order valence-corrected chi connectivity index (χ3v) is 3.96. The van der Waals surface area contributed by atoms with Crippen molar-refractivity contribution in [2.75, 3.05) is 33.4 Å². The fraction of sp³-hybridized carbons (Fsp3) is 0.526. The largest absolute Gasteiger partial charge is 0.469 e. The number of guanidine groups is 1. The van der Waals surface area contributed by atoms with Crippen LogP contribution in [0, 0.1) is 0 Å². The molecule has 0 aliphatic heterocycles. The van der Waals surface area contributed by atoms with Crippen LogP contribution in [0.4, 0.5) is 0 Å². The van der Waals surface area contributed by atoms with Crippen LogP contribution >= 0.6 is 0 Å². The van der Waals surface area contributed by atoms with Crippen LogP contribution in [-0.2, 0) is 24.8 Å². The number of hydrogen-bond donors (Lipinski definition) is 1. The predicted octanol–water partition coefficient (Wildman–Crippen LogP) is 2.66. The molecule has 0 bridgehead atoms. The van der Waals surface area contributed by atoms with E-state index in [9.17, 15) is 0 Å². The van der Waals surface area contributed by atoms with Crippen molar-refractivity contribution in [3.8, 4) is 0 Å². The van der Waals surface area contributed by atoms with Crippen LogP contribution in [0.3, 0.4) is 0 Å². The topological polar surface area (TPSA) is 54.9 Å². The summed E-state index contributed by atoms with van der Waals surface area (Å²) in [6, 6.07) is 8.10. The normalized spacial score (nSPS) is 11.7. The van der Waals surface area contributed by atoms with E-state index in [2.05, 4.69) is 47.2 Å². The van der Waals surface area contributed by atoms with Crippen LogP contribution in [0.2, 0.25) is 0 Å². The van der Waals surface area contributed by atoms with E-state index in [-0.39, 0.29) is 0 Å². The Morgan fingerprint density at radius 3 is 2.92 bits per heavy atom. The third-order valence-electron chi connectivity index (χ3n) is 3.96. The van der Waals surface area contributed by atoms with Gasteiger partial charge >= 0.3 is 0 Å². The Kier molecular flexibility index (Phi) is 8.12. The molecule has 1 N–H and O–H groups in total. The smallest absolute Gasteiger partial charge is 0.194 e. The van der Waals surface area contributed by atoms with E-state index < -0.39 is 0 Å². The summed E-state index contributed by atoms with van der Waals surface area (Å²) in [7, 11) is 4.13. The number of furan rings is 1. The highest BCUT2D eigenvalue weighted by atomic mass is 16.5. The summed E-state index contributed by atoms with van der Waals surface area (Å²) in [6.07, 6.45) is 5.53. The Morgan fingerprint density at radius 1 is 1.36 bits per heavy atom. The summed E-state index contributed by atoms with van der Waals surface area (Å²) in [5.74, 6) is 1.89. The van der Waals surface area contributed by atoms with Gasteiger partial charge in [0.25, 0.3) is 0 Å². The highest BCUT2D eigenvalue weighted by Crippen LogP contribution is 2.05. The monoisotopic (exact) mass is 346 g/mol. The molecule has 0 spiro atoms. The number of rotatable bonds is 10. The third kappa shape index (κ3) is 6.66. The SMILES string of the molecule is CCOCCCN=C(NCCc1ccco1)N(C)Cc1cccn1C. The number of ether oxygens (including phenoxy) is 1. The molecular formula is C19H30N4O2. The maximum atomic E-state index is 5.39. The summed E-state index contributed by atoms with van der Waals surface area (Å²) in [4.78, 5) is 6.89. The number of aliphatic imine (C=N–C) groups is 1. The molecule has 2 aromatic heterocycles. The summed E-state index contributed by atoms with van der Waals surface area (Å²) in [5.41, 5.74) is 1.25. The number of hydrogen-bond acceptors (Lipinski definition) is 3. The fourth-order valence-electron chi connectivity index (χ4n) is 2.54. The Balaban J connectivity index is 1.89. The average Bonchev–Trinajstić information content (AvgIpc) is 3.25. The van der Waals surface area contributed by atoms with E-state index in [1.807, 2.05) is 19.1 Å². The van der Waals surface area contributed by atoms with Crippen LogP contribution in [0.5, 0.6) is 0 Å². The molecule has 6 nitrogen and oxygen atoms in total. The maximum absolute atomic E-state index is 5.39. The second-order valence-electron chi connectivity index (χ2n) is 5.98. The van der Waals surface area contributed by atoms with Crippen LogP contribution in [0.1, 0.15) is 24.8 Å². The van der Waals surface area contributed by atoms with Crippen LogP contribution in [0.15, 0.2) is 46.1 Å². The predicted molar refractivity (Wildman–Crippen MR) is 101 cm³/mol. The van der Waals surface area contributed by atoms with E-state index in [4.69, 9.17) is 14.1 Å². The minimum Gasteiger partial charge on any atom is -0.469 e. The summed E-state index contributed by atoms with van der Waals surface area (Å²) in [5, 5.41) is 3.45. The zero-order valence-electron chi connectivity index (χ0n) is 15.6. The van der Waals surface area contributed by atoms with E-state index >= 15 is 0 Å². The van der Waals surface area contributed by atoms with E-state index in [1.165, 1.54) is 5.69 Å². The zero-order chi connectivity index (χ0) is 17.9. The van der Waals surface area contributed by atoms with E-state index in [0.717, 1.165) is 57.4 Å². The van der Waals surface area contributed by atoms with Gasteiger partial charge in [-0.1, -0.05) is 0 Å². The van der Waals surface area contributed by atoms with Gasteiger partial charge in [0.05, 0.1) is 12.8 Å². The lowest BCUT2D eigenvalue weighted by atomic mass is 10.3. The van der Waals surface area contributed by atoms with Crippen LogP contribution < -0.4 is 5.32 Å². The fourth-order valence-corrected chi connectivity index (χ4v) is 2.54. The first-order valence-corrected chi connectivity index (χ1v) is 8.90. The number of aromatic nitrogens is 1. The van der Waals surface area contributed by atoms with Gasteiger partial charge in [-0.15, -0.1) is 0 Å². The van der Waals surface area contributed by atoms with Gasteiger partial charge < -0.3 is 23.9 Å². The second kappa shape index (κ2) is 10.6. The van der Waals surface area contributed by atoms with Gasteiger partial charge in [0, 0.05) is 58.7 Å². The first kappa shape index (κ1) is 19.1. The minimum absolute atomic E-state index is 0.751. The molecule has 0 aromatic carbocycles. The Bertz CT molecular complexity index is 619. The number of nitrogens with zero attached hydrogens (tertiary/aromatic N) is 3. The first-order valence-electron chi connectivity index (χ1n) is 8.90. The van der Waals surface area contributed by atoms with Crippen molar-refractivity contribution in [3.05, 3.63) is 48.2 Å². The number of aryl methyl sites for hydroxylation is 1. The summed E-state index contributed by atoms with van der Waals surface area (Å²) in [6.45, 7) is 5.86. The van der Waals surface area contributed by atoms with Crippen molar-refractivity contribution < 1.29 is 9.15 Å². The molecule has 0 saturated heterocycles. The van der Waals surface area contributed by atoms with Gasteiger partial charge in [0.15, 0.2) is 5.96 Å². The van der Waals surface area contributed by atoms with Gasteiger partial charge in [-0.05, 0) is 37.6 Å². The molecule has 138 valence electrons. The van der Waals surface area contributed by atoms with Gasteiger partial charge in [-0.2, -0.15) is 0 Å². The van der Waals surface area contributed by atoms with Crippen molar-refractivity contribution >= 4 is 5.96 Å². The molecule has 0 amide bonds. The lowest BCUT2D eigenvalue weighted by molar-refractivity contribution is 0.146. The molecule has 0 fully saturated rings. The molecule has 25 heavy (non-hydrogen) atoms. The lowest BCUT2D eigenvalue weighted by Gasteiger charge is -2.23. The van der Waals surface area contributed by atoms with Crippen molar-refractivity contribution in [1.82, 2.24) is 14.8 Å². The summed E-state index contributed by atoms with van der Waals surface area (Å²) >= 11 is 0. The van der Waals surface area contributed by atoms with Gasteiger partial charge in [0.1, 0.15) is 5.76 Å². The molecule has 2 rings (SSSR count). The van der Waals surface area contributed by atoms with Crippen molar-refractivity contribution in [3.63, 3.8) is 0 Å². The summed E-state index contributed by atoms with van der Waals surface area (Å²) < 4.78 is 12.9. The van der Waals surface area contributed by atoms with E-state index in [1.54, 1.807) is 6.26 Å². The second-order valence-corrected chi connectivity index (χ2v) is 5.98. The molecule has 0 aliphatic carbocycles. The molecule has 0 aliphatic rings. The molecule has 0 saturated carbocycles. The van der Waals surface area contributed by atoms with Gasteiger partial charge in [0.2, 0.25) is 0 Å². The van der Waals surface area contributed by atoms with Crippen LogP contribution in [0.25, 0.3) is 0 Å². The zero-order valence-corrected chi connectivity index (χ0v) is 15.6. The maximum Gasteiger partial charge on any atom is 0.194 e. The van der Waals surface area contributed by atoms with Gasteiger partial charge in [-0.25, -0.2) is 0 Å². The van der Waals surface area contributed by atoms with Crippen molar-refractivity contribution in [1.29, 1.82) is 0 Å². The highest BCUT2D eigenvalue weighted by molar-refractivity contribution is 5.79. The molecule has 0 radical (unpaired) electrons. The Labute approximate surface area is 150 Å². The molecule has 0 unspecified atom stereocenters. The van der Waals surface area contributed by atoms with E-state index in [0.29, 0.717) is 0 Å². The minimum atomic E-state index is 0.751. The average molecular weight is 346 g/mol. The van der Waals surface area contributed by atoms with Gasteiger partial charge in [-0.3, -0.25) is 4.99 Å². The number of nitrogens with one attached hydrogen (secondary N) is 1. The standard InChI is InChI=1S/C19H30N4O2/c1-4-24-14-7-11-20-19(21-12-10-18-9-6-15-25-18)23(3)16-17-8-5-13-22(17)2/h5-6,8-9,13,15H,4,7,10-12,14,16H2,1-3H3,(H,20,21). The molecular weight excluding hydrogens is 316 g/mol. The molecule has 0 atom stereocenters. The molecule has 2 aromatic rings. The lowest BCUT2D eigenvalue weighted by Crippen LogP contribution is -2.40.